The van der Waals surface area contributed by atoms with Crippen LogP contribution in [0.3, 0.4) is 0 Å². The maximum Gasteiger partial charge on any atom is 0.263 e. The lowest BCUT2D eigenvalue weighted by Crippen LogP contribution is -2.51. The Bertz CT molecular complexity index is 1210. The summed E-state index contributed by atoms with van der Waals surface area (Å²) in [4.78, 5) is 21.7. The summed E-state index contributed by atoms with van der Waals surface area (Å²) in [5.74, 6) is -0.653. The second kappa shape index (κ2) is 12.1. The molecule has 12 heteroatoms. The van der Waals surface area contributed by atoms with Crippen molar-refractivity contribution in [3.63, 3.8) is 0 Å². The second-order valence-electron chi connectivity index (χ2n) is 12.5. The van der Waals surface area contributed by atoms with Crippen molar-refractivity contribution < 1.29 is 18.7 Å². The molecule has 0 aromatic carbocycles. The van der Waals surface area contributed by atoms with Crippen LogP contribution in [0.5, 0.6) is 0 Å². The van der Waals surface area contributed by atoms with Crippen molar-refractivity contribution in [3.05, 3.63) is 23.8 Å². The third-order valence-corrected chi connectivity index (χ3v) is 8.73. The van der Waals surface area contributed by atoms with Crippen molar-refractivity contribution in [2.24, 2.45) is 0 Å². The molecule has 1 aliphatic carbocycles. The number of piperazine rings is 1. The van der Waals surface area contributed by atoms with Gasteiger partial charge in [-0.1, -0.05) is 44.9 Å². The summed E-state index contributed by atoms with van der Waals surface area (Å²) < 4.78 is 32.5. The summed E-state index contributed by atoms with van der Waals surface area (Å²) >= 11 is 0. The van der Waals surface area contributed by atoms with Crippen molar-refractivity contribution in [1.29, 1.82) is 0 Å². The first-order chi connectivity index (χ1) is 19.6. The highest BCUT2D eigenvalue weighted by molar-refractivity contribution is 6.12. The van der Waals surface area contributed by atoms with E-state index < -0.39 is 29.0 Å². The number of pyridine rings is 1. The quantitative estimate of drug-likeness (QED) is 0.420. The molecule has 2 aliphatic heterocycles. The minimum Gasteiger partial charge on any atom is -0.389 e. The Morgan fingerprint density at radius 1 is 1.12 bits per heavy atom. The predicted molar refractivity (Wildman–Crippen MR) is 157 cm³/mol. The number of nitrogen functional groups attached to an aromatic ring is 1. The second-order valence-corrected chi connectivity index (χ2v) is 12.5. The van der Waals surface area contributed by atoms with Gasteiger partial charge < -0.3 is 26.4 Å². The molecular weight excluding hydrogens is 530 g/mol. The van der Waals surface area contributed by atoms with E-state index in [0.29, 0.717) is 51.4 Å². The van der Waals surface area contributed by atoms with E-state index in [1.165, 1.54) is 12.6 Å². The van der Waals surface area contributed by atoms with Crippen molar-refractivity contribution in [2.45, 2.75) is 88.9 Å². The van der Waals surface area contributed by atoms with Gasteiger partial charge in [-0.3, -0.25) is 14.7 Å². The number of rotatable bonds is 5. The molecule has 5 rings (SSSR count). The van der Waals surface area contributed by atoms with E-state index in [9.17, 15) is 9.90 Å². The van der Waals surface area contributed by atoms with Gasteiger partial charge in [0.25, 0.3) is 5.91 Å². The minimum atomic E-state index is -1.15. The van der Waals surface area contributed by atoms with E-state index in [1.807, 2.05) is 4.90 Å². The number of alkyl halides is 1. The minimum absolute atomic E-state index is 0.0155. The number of β-amino-alcohol motifs (C(OH)–C–C–N with tert-alkyl or cyclic N) is 1. The van der Waals surface area contributed by atoms with Crippen LogP contribution in [-0.4, -0.2) is 81.7 Å². The topological polar surface area (TPSA) is 125 Å². The van der Waals surface area contributed by atoms with Crippen LogP contribution in [0, 0.1) is 5.82 Å². The van der Waals surface area contributed by atoms with Crippen LogP contribution in [0.25, 0.3) is 0 Å². The maximum absolute atomic E-state index is 15.7. The summed E-state index contributed by atoms with van der Waals surface area (Å²) in [6.07, 6.45) is 10.1. The van der Waals surface area contributed by atoms with Crippen molar-refractivity contribution in [1.82, 2.24) is 19.7 Å². The number of carbonyl (C=O) groups is 1. The van der Waals surface area contributed by atoms with Gasteiger partial charge in [0.2, 0.25) is 0 Å². The van der Waals surface area contributed by atoms with E-state index >= 15 is 8.78 Å². The number of halogens is 2. The number of anilines is 4. The molecular formula is C29H44F2N8O2. The van der Waals surface area contributed by atoms with Crippen molar-refractivity contribution in [3.8, 4) is 0 Å². The first-order valence-corrected chi connectivity index (χ1v) is 15.0. The van der Waals surface area contributed by atoms with Crippen LogP contribution in [0.4, 0.5) is 31.8 Å². The van der Waals surface area contributed by atoms with E-state index in [4.69, 9.17) is 5.73 Å². The third-order valence-electron chi connectivity index (χ3n) is 8.73. The number of carbonyl (C=O) groups excluding carboxylic acids is 1. The highest BCUT2D eigenvalue weighted by atomic mass is 19.1. The summed E-state index contributed by atoms with van der Waals surface area (Å²) in [6.45, 7) is 6.44. The zero-order valence-corrected chi connectivity index (χ0v) is 24.3. The van der Waals surface area contributed by atoms with E-state index in [-0.39, 0.29) is 29.3 Å². The molecule has 4 heterocycles. The first-order valence-electron chi connectivity index (χ1n) is 15.0. The Balaban J connectivity index is 1.39. The SMILES string of the molecule is CC(C)(O)CN1CCN(c2c(F)cncc2NC(=O)c2c(N)nn3c2NCC(F)C32CCCCCCCCC2)CC1. The smallest absolute Gasteiger partial charge is 0.263 e. The maximum atomic E-state index is 15.7. The van der Waals surface area contributed by atoms with Gasteiger partial charge in [-0.05, 0) is 26.7 Å². The Morgan fingerprint density at radius 3 is 2.39 bits per heavy atom. The molecule has 41 heavy (non-hydrogen) atoms. The van der Waals surface area contributed by atoms with Gasteiger partial charge in [-0.15, -0.1) is 0 Å². The van der Waals surface area contributed by atoms with Gasteiger partial charge in [0.1, 0.15) is 23.2 Å². The molecule has 2 fully saturated rings. The van der Waals surface area contributed by atoms with Crippen LogP contribution in [-0.2, 0) is 5.54 Å². The Labute approximate surface area is 240 Å². The van der Waals surface area contributed by atoms with Gasteiger partial charge in [0.05, 0.1) is 29.2 Å². The molecule has 226 valence electrons. The fourth-order valence-electron chi connectivity index (χ4n) is 6.75. The molecule has 1 atom stereocenters. The molecule has 5 N–H and O–H groups in total. The van der Waals surface area contributed by atoms with Crippen LogP contribution >= 0.6 is 0 Å². The van der Waals surface area contributed by atoms with Crippen LogP contribution in [0.2, 0.25) is 0 Å². The lowest BCUT2D eigenvalue weighted by atomic mass is 9.80. The molecule has 1 spiro atoms. The monoisotopic (exact) mass is 574 g/mol. The molecule has 10 nitrogen and oxygen atoms in total. The van der Waals surface area contributed by atoms with Crippen LogP contribution < -0.4 is 21.3 Å². The molecule has 1 saturated carbocycles. The number of hydrogen-bond acceptors (Lipinski definition) is 8. The fourth-order valence-corrected chi connectivity index (χ4v) is 6.75. The number of fused-ring (bicyclic) bond motifs is 2. The number of nitrogens with two attached hydrogens (primary N) is 1. The molecule has 3 aliphatic rings. The number of hydrogen-bond donors (Lipinski definition) is 4. The summed E-state index contributed by atoms with van der Waals surface area (Å²) in [5.41, 5.74) is 5.29. The molecule has 1 saturated heterocycles. The molecule has 2 aromatic rings. The Kier molecular flexibility index (Phi) is 8.70. The van der Waals surface area contributed by atoms with Gasteiger partial charge in [-0.25, -0.2) is 13.5 Å². The lowest BCUT2D eigenvalue weighted by molar-refractivity contribution is 0.0344. The summed E-state index contributed by atoms with van der Waals surface area (Å²) in [6, 6.07) is 0. The van der Waals surface area contributed by atoms with Crippen LogP contribution in [0.15, 0.2) is 12.4 Å². The van der Waals surface area contributed by atoms with Gasteiger partial charge in [0, 0.05) is 39.3 Å². The van der Waals surface area contributed by atoms with Gasteiger partial charge in [-0.2, -0.15) is 5.10 Å². The number of aliphatic hydroxyl groups is 1. The first kappa shape index (κ1) is 29.5. The van der Waals surface area contributed by atoms with Crippen molar-refractivity contribution in [2.75, 3.05) is 60.5 Å². The molecule has 2 aromatic heterocycles. The Morgan fingerprint density at radius 2 is 1.76 bits per heavy atom. The molecule has 1 unspecified atom stereocenters. The molecule has 0 bridgehead atoms. The average Bonchev–Trinajstić information content (AvgIpc) is 3.27. The number of aromatic nitrogens is 3. The zero-order valence-electron chi connectivity index (χ0n) is 24.3. The predicted octanol–water partition coefficient (Wildman–Crippen LogP) is 4.13. The average molecular weight is 575 g/mol. The summed E-state index contributed by atoms with van der Waals surface area (Å²) in [7, 11) is 0. The Hall–Kier alpha value is -2.99. The molecule has 0 radical (unpaired) electrons. The van der Waals surface area contributed by atoms with Gasteiger partial charge in [0.15, 0.2) is 11.6 Å². The number of nitrogens with zero attached hydrogens (tertiary/aromatic N) is 5. The summed E-state index contributed by atoms with van der Waals surface area (Å²) in [5, 5.41) is 20.6. The largest absolute Gasteiger partial charge is 0.389 e. The van der Waals surface area contributed by atoms with E-state index in [0.717, 1.165) is 44.7 Å². The normalized spacial score (nSPS) is 22.2. The number of nitrogens with one attached hydrogen (secondary N) is 2. The lowest BCUT2D eigenvalue weighted by Gasteiger charge is -2.42. The van der Waals surface area contributed by atoms with Gasteiger partial charge >= 0.3 is 0 Å². The highest BCUT2D eigenvalue weighted by Crippen LogP contribution is 2.43. The van der Waals surface area contributed by atoms with E-state index in [2.05, 4.69) is 25.6 Å². The highest BCUT2D eigenvalue weighted by Gasteiger charge is 2.47. The third kappa shape index (κ3) is 6.28. The standard InChI is InChI=1S/C29H44F2N8O2/c1-28(2,41)19-37-12-14-38(15-13-37)24-20(30)16-33-17-21(24)35-27(40)23-25(32)36-39-26(23)34-18-22(31)29(39)10-8-6-4-3-5-7-9-11-29/h16-17,22,34,41H,3-15,18-19H2,1-2H3,(H2,32,36)(H,35,40). The van der Waals surface area contributed by atoms with Crippen LogP contribution in [0.1, 0.15) is 82.0 Å². The fraction of sp³-hybridized carbons (Fsp3) is 0.690. The van der Waals surface area contributed by atoms with E-state index in [1.54, 1.807) is 18.5 Å². The zero-order chi connectivity index (χ0) is 29.2. The number of amides is 1. The molecule has 1 amide bonds. The van der Waals surface area contributed by atoms with Crippen molar-refractivity contribution >= 4 is 28.9 Å².